The molecule has 1 aliphatic carbocycles. The molecule has 1 fully saturated rings. The number of carbonyl (C=O) groups excluding carboxylic acids is 1. The lowest BCUT2D eigenvalue weighted by Gasteiger charge is -2.31. The van der Waals surface area contributed by atoms with Gasteiger partial charge in [-0.15, -0.1) is 0 Å². The third-order valence-corrected chi connectivity index (χ3v) is 2.76. The molecule has 1 amide bonds. The van der Waals surface area contributed by atoms with Crippen molar-refractivity contribution in [3.8, 4) is 0 Å². The van der Waals surface area contributed by atoms with E-state index >= 15 is 0 Å². The minimum atomic E-state index is -0.259. The monoisotopic (exact) mass is 229 g/mol. The second-order valence-electron chi connectivity index (χ2n) is 4.80. The molecule has 1 rings (SSSR count). The first-order valence-electron chi connectivity index (χ1n) is 5.85. The number of amides is 1. The molecule has 5 heteroatoms. The highest BCUT2D eigenvalue weighted by atomic mass is 16.5. The third-order valence-electron chi connectivity index (χ3n) is 2.76. The Bertz CT molecular complexity index is 229. The van der Waals surface area contributed by atoms with Crippen molar-refractivity contribution in [3.05, 3.63) is 0 Å². The number of nitrogens with zero attached hydrogens (tertiary/aromatic N) is 1. The summed E-state index contributed by atoms with van der Waals surface area (Å²) in [6.07, 6.45) is 2.34. The van der Waals surface area contributed by atoms with Crippen LogP contribution in [0.5, 0.6) is 0 Å². The Morgan fingerprint density at radius 2 is 2.19 bits per heavy atom. The molecule has 0 bridgehead atoms. The highest BCUT2D eigenvalue weighted by molar-refractivity contribution is 5.81. The summed E-state index contributed by atoms with van der Waals surface area (Å²) in [5.41, 5.74) is 2.23. The summed E-state index contributed by atoms with van der Waals surface area (Å²) in [6.45, 7) is 5.61. The Morgan fingerprint density at radius 3 is 2.56 bits per heavy atom. The van der Waals surface area contributed by atoms with Crippen LogP contribution in [0.4, 0.5) is 0 Å². The van der Waals surface area contributed by atoms with Gasteiger partial charge in [-0.1, -0.05) is 13.8 Å². The van der Waals surface area contributed by atoms with Gasteiger partial charge in [-0.3, -0.25) is 15.1 Å². The van der Waals surface area contributed by atoms with Crippen LogP contribution in [0.25, 0.3) is 0 Å². The maximum absolute atomic E-state index is 11.7. The molecule has 3 N–H and O–H groups in total. The van der Waals surface area contributed by atoms with Crippen LogP contribution in [-0.2, 0) is 9.53 Å². The number of nitrogens with two attached hydrogens (primary N) is 1. The SMILES string of the molecule is COCC(C(=O)NN)N(CC(C)C)C1CC1. The normalized spacial score (nSPS) is 17.9. The lowest BCUT2D eigenvalue weighted by Crippen LogP contribution is -2.53. The summed E-state index contributed by atoms with van der Waals surface area (Å²) < 4.78 is 5.11. The Labute approximate surface area is 97.3 Å². The molecule has 0 spiro atoms. The molecular formula is C11H23N3O2. The standard InChI is InChI=1S/C11H23N3O2/c1-8(2)6-14(9-4-5-9)10(7-16-3)11(15)13-12/h8-10H,4-7,12H2,1-3H3,(H,13,15). The average Bonchev–Trinajstić information content (AvgIpc) is 3.05. The Morgan fingerprint density at radius 1 is 1.56 bits per heavy atom. The van der Waals surface area contributed by atoms with Gasteiger partial charge in [0, 0.05) is 19.7 Å². The summed E-state index contributed by atoms with van der Waals surface area (Å²) in [5.74, 6) is 5.59. The number of hydrogen-bond donors (Lipinski definition) is 2. The van der Waals surface area contributed by atoms with Crippen molar-refractivity contribution >= 4 is 5.91 Å². The molecule has 16 heavy (non-hydrogen) atoms. The van der Waals surface area contributed by atoms with Crippen molar-refractivity contribution in [2.75, 3.05) is 20.3 Å². The first kappa shape index (κ1) is 13.4. The van der Waals surface area contributed by atoms with E-state index in [-0.39, 0.29) is 11.9 Å². The number of hydrogen-bond acceptors (Lipinski definition) is 4. The zero-order valence-electron chi connectivity index (χ0n) is 10.4. The maximum atomic E-state index is 11.7. The van der Waals surface area contributed by atoms with E-state index in [2.05, 4.69) is 24.2 Å². The number of rotatable bonds is 7. The van der Waals surface area contributed by atoms with Crippen molar-refractivity contribution in [2.24, 2.45) is 11.8 Å². The van der Waals surface area contributed by atoms with Crippen molar-refractivity contribution < 1.29 is 9.53 Å². The summed E-state index contributed by atoms with van der Waals surface area (Å²) in [7, 11) is 1.61. The van der Waals surface area contributed by atoms with E-state index in [0.29, 0.717) is 18.6 Å². The first-order valence-corrected chi connectivity index (χ1v) is 5.85. The van der Waals surface area contributed by atoms with E-state index < -0.39 is 0 Å². The van der Waals surface area contributed by atoms with E-state index in [0.717, 1.165) is 6.54 Å². The molecule has 0 aliphatic heterocycles. The van der Waals surface area contributed by atoms with Crippen LogP contribution in [0.1, 0.15) is 26.7 Å². The highest BCUT2D eigenvalue weighted by Crippen LogP contribution is 2.29. The smallest absolute Gasteiger partial charge is 0.253 e. The number of carbonyl (C=O) groups is 1. The van der Waals surface area contributed by atoms with Gasteiger partial charge in [0.05, 0.1) is 6.61 Å². The third kappa shape index (κ3) is 3.73. The molecule has 5 nitrogen and oxygen atoms in total. The summed E-state index contributed by atoms with van der Waals surface area (Å²) in [5, 5.41) is 0. The second kappa shape index (κ2) is 6.18. The quantitative estimate of drug-likeness (QED) is 0.369. The van der Waals surface area contributed by atoms with Gasteiger partial charge in [-0.2, -0.15) is 0 Å². The predicted molar refractivity (Wildman–Crippen MR) is 62.6 cm³/mol. The van der Waals surface area contributed by atoms with Gasteiger partial charge in [0.25, 0.3) is 5.91 Å². The van der Waals surface area contributed by atoms with Gasteiger partial charge in [-0.05, 0) is 18.8 Å². The minimum absolute atomic E-state index is 0.158. The lowest BCUT2D eigenvalue weighted by atomic mass is 10.1. The van der Waals surface area contributed by atoms with E-state index in [4.69, 9.17) is 10.6 Å². The van der Waals surface area contributed by atoms with E-state index in [1.54, 1.807) is 7.11 Å². The van der Waals surface area contributed by atoms with Gasteiger partial charge < -0.3 is 4.74 Å². The Balaban J connectivity index is 2.65. The van der Waals surface area contributed by atoms with Gasteiger partial charge in [0.15, 0.2) is 0 Å². The summed E-state index contributed by atoms with van der Waals surface area (Å²) in [4.78, 5) is 13.9. The molecule has 1 aliphatic rings. The largest absolute Gasteiger partial charge is 0.383 e. The zero-order valence-corrected chi connectivity index (χ0v) is 10.4. The van der Waals surface area contributed by atoms with Gasteiger partial charge in [0.2, 0.25) is 0 Å². The number of nitrogens with one attached hydrogen (secondary N) is 1. The fourth-order valence-electron chi connectivity index (χ4n) is 1.93. The van der Waals surface area contributed by atoms with E-state index in [9.17, 15) is 4.79 Å². The topological polar surface area (TPSA) is 67.6 Å². The summed E-state index contributed by atoms with van der Waals surface area (Å²) in [6, 6.07) is 0.268. The van der Waals surface area contributed by atoms with Crippen molar-refractivity contribution in [3.63, 3.8) is 0 Å². The lowest BCUT2D eigenvalue weighted by molar-refractivity contribution is -0.129. The molecule has 0 aromatic heterocycles. The molecular weight excluding hydrogens is 206 g/mol. The van der Waals surface area contributed by atoms with E-state index in [1.165, 1.54) is 12.8 Å². The fourth-order valence-corrected chi connectivity index (χ4v) is 1.93. The van der Waals surface area contributed by atoms with Crippen LogP contribution in [0.2, 0.25) is 0 Å². The van der Waals surface area contributed by atoms with Crippen molar-refractivity contribution in [1.29, 1.82) is 0 Å². The fraction of sp³-hybridized carbons (Fsp3) is 0.909. The van der Waals surface area contributed by atoms with Crippen LogP contribution in [0, 0.1) is 5.92 Å². The zero-order chi connectivity index (χ0) is 12.1. The molecule has 0 saturated heterocycles. The molecule has 1 atom stereocenters. The van der Waals surface area contributed by atoms with Crippen LogP contribution >= 0.6 is 0 Å². The number of hydrazine groups is 1. The van der Waals surface area contributed by atoms with Crippen LogP contribution in [0.3, 0.4) is 0 Å². The van der Waals surface area contributed by atoms with Gasteiger partial charge in [0.1, 0.15) is 6.04 Å². The first-order chi connectivity index (χ1) is 7.60. The van der Waals surface area contributed by atoms with E-state index in [1.807, 2.05) is 0 Å². The molecule has 0 aromatic rings. The van der Waals surface area contributed by atoms with Gasteiger partial charge >= 0.3 is 0 Å². The van der Waals surface area contributed by atoms with Gasteiger partial charge in [-0.25, -0.2) is 5.84 Å². The van der Waals surface area contributed by atoms with Crippen LogP contribution in [-0.4, -0.2) is 43.2 Å². The minimum Gasteiger partial charge on any atom is -0.383 e. The average molecular weight is 229 g/mol. The van der Waals surface area contributed by atoms with Crippen LogP contribution in [0.15, 0.2) is 0 Å². The number of methoxy groups -OCH3 is 1. The second-order valence-corrected chi connectivity index (χ2v) is 4.80. The van der Waals surface area contributed by atoms with Crippen molar-refractivity contribution in [1.82, 2.24) is 10.3 Å². The predicted octanol–water partition coefficient (Wildman–Crippen LogP) is 0.112. The molecule has 0 aromatic carbocycles. The molecule has 0 heterocycles. The van der Waals surface area contributed by atoms with Crippen LogP contribution < -0.4 is 11.3 Å². The molecule has 1 saturated carbocycles. The maximum Gasteiger partial charge on any atom is 0.253 e. The molecule has 0 radical (unpaired) electrons. The molecule has 94 valence electrons. The Kier molecular flexibility index (Phi) is 5.18. The Hall–Kier alpha value is -0.650. The highest BCUT2D eigenvalue weighted by Gasteiger charge is 2.37. The molecule has 1 unspecified atom stereocenters. The summed E-state index contributed by atoms with van der Waals surface area (Å²) >= 11 is 0. The number of ether oxygens (including phenoxy) is 1. The van der Waals surface area contributed by atoms with Crippen molar-refractivity contribution in [2.45, 2.75) is 38.8 Å².